The van der Waals surface area contributed by atoms with Gasteiger partial charge in [0.25, 0.3) is 5.91 Å². The molecule has 1 aromatic heterocycles. The van der Waals surface area contributed by atoms with Crippen LogP contribution in [0, 0.1) is 0 Å². The van der Waals surface area contributed by atoms with Gasteiger partial charge in [-0.15, -0.1) is 0 Å². The van der Waals surface area contributed by atoms with Crippen LogP contribution in [0.4, 0.5) is 0 Å². The van der Waals surface area contributed by atoms with Gasteiger partial charge < -0.3 is 15.2 Å². The number of hydrogen-bond donors (Lipinski definition) is 2. The van der Waals surface area contributed by atoms with Crippen LogP contribution in [-0.2, 0) is 4.74 Å². The van der Waals surface area contributed by atoms with Crippen molar-refractivity contribution in [2.24, 2.45) is 0 Å². The summed E-state index contributed by atoms with van der Waals surface area (Å²) in [6.07, 6.45) is 0.670. The lowest BCUT2D eigenvalue weighted by atomic mass is 10.3. The van der Waals surface area contributed by atoms with Gasteiger partial charge in [-0.25, -0.2) is 4.98 Å². The largest absolute Gasteiger partial charge is 0.389 e. The Labute approximate surface area is 98.4 Å². The molecule has 0 aliphatic rings. The van der Waals surface area contributed by atoms with E-state index in [1.807, 2.05) is 0 Å². The molecule has 88 valence electrons. The number of ether oxygens (including phenoxy) is 1. The van der Waals surface area contributed by atoms with Gasteiger partial charge in [0.15, 0.2) is 0 Å². The summed E-state index contributed by atoms with van der Waals surface area (Å²) in [5.74, 6) is -0.355. The predicted molar refractivity (Wildman–Crippen MR) is 59.5 cm³/mol. The third kappa shape index (κ3) is 4.14. The molecule has 1 amide bonds. The molecule has 0 bridgehead atoms. The molecule has 16 heavy (non-hydrogen) atoms. The average Bonchev–Trinajstić information content (AvgIpc) is 2.27. The van der Waals surface area contributed by atoms with Gasteiger partial charge in [0.1, 0.15) is 5.69 Å². The molecule has 6 heteroatoms. The molecule has 1 unspecified atom stereocenters. The Balaban J connectivity index is 2.43. The van der Waals surface area contributed by atoms with Gasteiger partial charge in [-0.1, -0.05) is 11.6 Å². The van der Waals surface area contributed by atoms with Crippen molar-refractivity contribution >= 4 is 17.5 Å². The Kier molecular flexibility index (Phi) is 5.18. The van der Waals surface area contributed by atoms with Crippen LogP contribution in [0.5, 0.6) is 0 Å². The van der Waals surface area contributed by atoms with Crippen LogP contribution in [0.3, 0.4) is 0 Å². The van der Waals surface area contributed by atoms with Gasteiger partial charge in [0, 0.05) is 19.9 Å². The molecule has 0 fully saturated rings. The fourth-order valence-corrected chi connectivity index (χ4v) is 1.17. The van der Waals surface area contributed by atoms with Gasteiger partial charge in [0.2, 0.25) is 0 Å². The fourth-order valence-electron chi connectivity index (χ4n) is 1.06. The average molecular weight is 245 g/mol. The molecule has 1 atom stereocenters. The van der Waals surface area contributed by atoms with Gasteiger partial charge >= 0.3 is 0 Å². The van der Waals surface area contributed by atoms with Gasteiger partial charge in [-0.3, -0.25) is 4.79 Å². The summed E-state index contributed by atoms with van der Waals surface area (Å²) in [7, 11) is 1.48. The van der Waals surface area contributed by atoms with E-state index < -0.39 is 6.10 Å². The minimum Gasteiger partial charge on any atom is -0.389 e. The van der Waals surface area contributed by atoms with Gasteiger partial charge in [-0.05, 0) is 12.1 Å². The smallest absolute Gasteiger partial charge is 0.269 e. The number of halogens is 1. The van der Waals surface area contributed by atoms with E-state index in [0.717, 1.165) is 0 Å². The van der Waals surface area contributed by atoms with E-state index in [0.29, 0.717) is 5.02 Å². The van der Waals surface area contributed by atoms with E-state index in [4.69, 9.17) is 16.3 Å². The lowest BCUT2D eigenvalue weighted by molar-refractivity contribution is 0.0608. The fraction of sp³-hybridized carbons (Fsp3) is 0.400. The summed E-state index contributed by atoms with van der Waals surface area (Å²) in [4.78, 5) is 15.3. The summed E-state index contributed by atoms with van der Waals surface area (Å²) in [5.41, 5.74) is 0.258. The second kappa shape index (κ2) is 6.42. The maximum Gasteiger partial charge on any atom is 0.269 e. The zero-order valence-electron chi connectivity index (χ0n) is 8.81. The van der Waals surface area contributed by atoms with E-state index in [2.05, 4.69) is 10.3 Å². The first-order valence-electron chi connectivity index (χ1n) is 4.70. The lowest BCUT2D eigenvalue weighted by Crippen LogP contribution is -2.34. The number of carbonyl (C=O) groups is 1. The van der Waals surface area contributed by atoms with Gasteiger partial charge in [0.05, 0.1) is 17.7 Å². The minimum absolute atomic E-state index is 0.122. The van der Waals surface area contributed by atoms with Crippen LogP contribution < -0.4 is 5.32 Å². The van der Waals surface area contributed by atoms with E-state index in [-0.39, 0.29) is 24.8 Å². The molecule has 0 aliphatic heterocycles. The first-order valence-corrected chi connectivity index (χ1v) is 5.08. The highest BCUT2D eigenvalue weighted by atomic mass is 35.5. The highest BCUT2D eigenvalue weighted by Crippen LogP contribution is 2.05. The van der Waals surface area contributed by atoms with E-state index in [1.165, 1.54) is 19.4 Å². The Morgan fingerprint density at radius 2 is 2.44 bits per heavy atom. The molecular weight excluding hydrogens is 232 g/mol. The monoisotopic (exact) mass is 244 g/mol. The first kappa shape index (κ1) is 12.9. The summed E-state index contributed by atoms with van der Waals surface area (Å²) < 4.78 is 4.72. The molecule has 1 heterocycles. The summed E-state index contributed by atoms with van der Waals surface area (Å²) in [6, 6.07) is 3.09. The van der Waals surface area contributed by atoms with Crippen LogP contribution in [-0.4, -0.2) is 42.4 Å². The van der Waals surface area contributed by atoms with Crippen molar-refractivity contribution in [1.82, 2.24) is 10.3 Å². The van der Waals surface area contributed by atoms with Crippen molar-refractivity contribution in [1.29, 1.82) is 0 Å². The van der Waals surface area contributed by atoms with Crippen LogP contribution in [0.2, 0.25) is 5.02 Å². The zero-order valence-corrected chi connectivity index (χ0v) is 9.57. The SMILES string of the molecule is COCC(O)CNC(=O)c1ccc(Cl)cn1. The molecule has 0 saturated heterocycles. The lowest BCUT2D eigenvalue weighted by Gasteiger charge is -2.10. The molecule has 0 aromatic carbocycles. The standard InChI is InChI=1S/C10H13ClN2O3/c1-16-6-8(14)5-13-10(15)9-3-2-7(11)4-12-9/h2-4,8,14H,5-6H2,1H3,(H,13,15). The quantitative estimate of drug-likeness (QED) is 0.790. The van der Waals surface area contributed by atoms with Crippen molar-refractivity contribution in [3.05, 3.63) is 29.0 Å². The summed E-state index contributed by atoms with van der Waals surface area (Å²) >= 11 is 5.63. The number of hydrogen-bond acceptors (Lipinski definition) is 4. The molecule has 0 radical (unpaired) electrons. The van der Waals surface area contributed by atoms with Crippen LogP contribution in [0.15, 0.2) is 18.3 Å². The first-order chi connectivity index (χ1) is 7.63. The van der Waals surface area contributed by atoms with Crippen LogP contribution >= 0.6 is 11.6 Å². The van der Waals surface area contributed by atoms with Crippen molar-refractivity contribution in [3.8, 4) is 0 Å². The normalized spacial score (nSPS) is 12.2. The molecule has 1 aromatic rings. The summed E-state index contributed by atoms with van der Waals surface area (Å²) in [5, 5.41) is 12.3. The minimum atomic E-state index is -0.721. The maximum absolute atomic E-state index is 11.5. The molecule has 2 N–H and O–H groups in total. The van der Waals surface area contributed by atoms with E-state index >= 15 is 0 Å². The highest BCUT2D eigenvalue weighted by Gasteiger charge is 2.09. The Morgan fingerprint density at radius 1 is 1.69 bits per heavy atom. The Hall–Kier alpha value is -1.17. The van der Waals surface area contributed by atoms with Crippen molar-refractivity contribution in [2.75, 3.05) is 20.3 Å². The van der Waals surface area contributed by atoms with Crippen LogP contribution in [0.25, 0.3) is 0 Å². The number of rotatable bonds is 5. The number of aliphatic hydroxyl groups excluding tert-OH is 1. The molecule has 5 nitrogen and oxygen atoms in total. The van der Waals surface area contributed by atoms with Crippen LogP contribution in [0.1, 0.15) is 10.5 Å². The van der Waals surface area contributed by atoms with Crippen molar-refractivity contribution < 1.29 is 14.6 Å². The second-order valence-electron chi connectivity index (χ2n) is 3.18. The Morgan fingerprint density at radius 3 is 3.00 bits per heavy atom. The van der Waals surface area contributed by atoms with Crippen molar-refractivity contribution in [2.45, 2.75) is 6.10 Å². The predicted octanol–water partition coefficient (Wildman–Crippen LogP) is 0.472. The van der Waals surface area contributed by atoms with Gasteiger partial charge in [-0.2, -0.15) is 0 Å². The number of aromatic nitrogens is 1. The highest BCUT2D eigenvalue weighted by molar-refractivity contribution is 6.30. The summed E-state index contributed by atoms with van der Waals surface area (Å²) in [6.45, 7) is 0.297. The topological polar surface area (TPSA) is 71.5 Å². The maximum atomic E-state index is 11.5. The van der Waals surface area contributed by atoms with E-state index in [9.17, 15) is 9.90 Å². The number of carbonyl (C=O) groups excluding carboxylic acids is 1. The van der Waals surface area contributed by atoms with E-state index in [1.54, 1.807) is 6.07 Å². The Bertz CT molecular complexity index is 342. The number of methoxy groups -OCH3 is 1. The third-order valence-electron chi connectivity index (χ3n) is 1.82. The molecule has 0 spiro atoms. The number of pyridine rings is 1. The zero-order chi connectivity index (χ0) is 12.0. The molecular formula is C10H13ClN2O3. The molecule has 0 aliphatic carbocycles. The number of amides is 1. The number of nitrogens with zero attached hydrogens (tertiary/aromatic N) is 1. The molecule has 0 saturated carbocycles. The molecule has 1 rings (SSSR count). The number of aliphatic hydroxyl groups is 1. The number of nitrogens with one attached hydrogen (secondary N) is 1. The van der Waals surface area contributed by atoms with Crippen molar-refractivity contribution in [3.63, 3.8) is 0 Å². The third-order valence-corrected chi connectivity index (χ3v) is 2.04. The second-order valence-corrected chi connectivity index (χ2v) is 3.62.